The first-order chi connectivity index (χ1) is 7.13. The van der Waals surface area contributed by atoms with Crippen molar-refractivity contribution in [2.24, 2.45) is 0 Å². The van der Waals surface area contributed by atoms with Crippen LogP contribution >= 0.6 is 0 Å². The lowest BCUT2D eigenvalue weighted by atomic mass is 9.81. The molecule has 15 heavy (non-hydrogen) atoms. The Morgan fingerprint density at radius 2 is 2.47 bits per heavy atom. The minimum absolute atomic E-state index is 0.283. The van der Waals surface area contributed by atoms with Crippen LogP contribution in [0.25, 0.3) is 0 Å². The topological polar surface area (TPSA) is 96.7 Å². The van der Waals surface area contributed by atoms with Crippen LogP contribution in [0.2, 0.25) is 0 Å². The van der Waals surface area contributed by atoms with Gasteiger partial charge in [-0.25, -0.2) is 0 Å². The van der Waals surface area contributed by atoms with Gasteiger partial charge >= 0.3 is 0 Å². The summed E-state index contributed by atoms with van der Waals surface area (Å²) in [5.74, 6) is 0. The highest BCUT2D eigenvalue weighted by Crippen LogP contribution is 2.42. The highest BCUT2D eigenvalue weighted by Gasteiger charge is 2.56. The van der Waals surface area contributed by atoms with Crippen molar-refractivity contribution < 1.29 is 19.8 Å². The van der Waals surface area contributed by atoms with Gasteiger partial charge in [-0.2, -0.15) is 5.06 Å². The fourth-order valence-electron chi connectivity index (χ4n) is 2.60. The van der Waals surface area contributed by atoms with Gasteiger partial charge in [-0.1, -0.05) is 0 Å². The van der Waals surface area contributed by atoms with Gasteiger partial charge in [-0.05, 0) is 11.3 Å². The molecule has 2 heterocycles. The zero-order valence-corrected chi connectivity index (χ0v) is 7.96. The summed E-state index contributed by atoms with van der Waals surface area (Å²) in [5, 5.41) is 35.8. The number of aliphatic hydroxyl groups is 1. The first-order valence-corrected chi connectivity index (χ1v) is 4.90. The van der Waals surface area contributed by atoms with E-state index in [2.05, 4.69) is 9.79 Å². The van der Waals surface area contributed by atoms with Gasteiger partial charge in [0.05, 0.1) is 6.04 Å². The summed E-state index contributed by atoms with van der Waals surface area (Å²) in [6.45, 7) is 0.381. The number of fused-ring (bicyclic) bond motifs is 3. The maximum absolute atomic E-state index is 11.2. The minimum atomic E-state index is -1.23. The van der Waals surface area contributed by atoms with Crippen LogP contribution in [-0.4, -0.2) is 33.1 Å². The predicted octanol–water partition coefficient (Wildman–Crippen LogP) is -1.09. The van der Waals surface area contributed by atoms with Crippen LogP contribution in [0.3, 0.4) is 0 Å². The molecule has 0 unspecified atom stereocenters. The predicted molar refractivity (Wildman–Crippen MR) is 44.6 cm³/mol. The molecule has 1 aliphatic heterocycles. The number of nitrogens with zero attached hydrogens (tertiary/aromatic N) is 3. The second kappa shape index (κ2) is 2.69. The molecule has 1 saturated heterocycles. The molecule has 0 aromatic carbocycles. The second-order valence-electron chi connectivity index (χ2n) is 4.12. The van der Waals surface area contributed by atoms with Gasteiger partial charge in [0.2, 0.25) is 5.69 Å². The van der Waals surface area contributed by atoms with Gasteiger partial charge in [0.25, 0.3) is 5.69 Å². The lowest BCUT2D eigenvalue weighted by Crippen LogP contribution is -2.47. The van der Waals surface area contributed by atoms with E-state index in [0.717, 1.165) is 5.06 Å². The average molecular weight is 213 g/mol. The van der Waals surface area contributed by atoms with Crippen LogP contribution in [0, 0.1) is 5.21 Å². The number of rotatable bonds is 0. The Balaban J connectivity index is 2.12. The Labute approximate surface area is 85.0 Å². The SMILES string of the molecule is [O-][n+]1onc2c1CC[C@H]1N(O)CC[C@@]21O. The molecule has 0 radical (unpaired) electrons. The molecule has 2 aliphatic rings. The highest BCUT2D eigenvalue weighted by atomic mass is 16.8. The van der Waals surface area contributed by atoms with Crippen molar-refractivity contribution in [3.8, 4) is 0 Å². The molecule has 0 saturated carbocycles. The van der Waals surface area contributed by atoms with Crippen molar-refractivity contribution in [2.75, 3.05) is 6.54 Å². The maximum atomic E-state index is 11.2. The van der Waals surface area contributed by atoms with Crippen LogP contribution in [0.15, 0.2) is 4.63 Å². The third kappa shape index (κ3) is 0.996. The third-order valence-electron chi connectivity index (χ3n) is 3.40. The van der Waals surface area contributed by atoms with Crippen molar-refractivity contribution in [2.45, 2.75) is 30.9 Å². The van der Waals surface area contributed by atoms with Gasteiger partial charge in [0.15, 0.2) is 5.60 Å². The zero-order chi connectivity index (χ0) is 10.6. The van der Waals surface area contributed by atoms with Crippen molar-refractivity contribution in [3.05, 3.63) is 16.6 Å². The Morgan fingerprint density at radius 3 is 3.27 bits per heavy atom. The van der Waals surface area contributed by atoms with Crippen molar-refractivity contribution >= 4 is 0 Å². The molecule has 1 fully saturated rings. The average Bonchev–Trinajstić information content (AvgIpc) is 2.71. The summed E-state index contributed by atoms with van der Waals surface area (Å²) in [5.41, 5.74) is -0.573. The van der Waals surface area contributed by atoms with E-state index in [-0.39, 0.29) is 11.7 Å². The number of hydrogen-bond acceptors (Lipinski definition) is 6. The summed E-state index contributed by atoms with van der Waals surface area (Å²) < 4.78 is 4.48. The van der Waals surface area contributed by atoms with Crippen LogP contribution in [-0.2, 0) is 12.0 Å². The monoisotopic (exact) mass is 213 g/mol. The minimum Gasteiger partial charge on any atom is -0.379 e. The fourth-order valence-corrected chi connectivity index (χ4v) is 2.60. The summed E-state index contributed by atoms with van der Waals surface area (Å²) in [6, 6.07) is -0.380. The van der Waals surface area contributed by atoms with Gasteiger partial charge in [-0.15, -0.1) is 0 Å². The summed E-state index contributed by atoms with van der Waals surface area (Å²) in [4.78, 5) is 0.337. The standard InChI is InChI=1S/C8H11N3O4/c12-8-3-4-10(13)6(8)2-1-5-7(8)9-15-11(5)14/h6,12-13H,1-4H2/t6-,8+/m1/s1. The Hall–Kier alpha value is -1.18. The number of hydroxylamine groups is 2. The molecule has 82 valence electrons. The maximum Gasteiger partial charge on any atom is 0.254 e. The van der Waals surface area contributed by atoms with E-state index in [1.54, 1.807) is 0 Å². The largest absolute Gasteiger partial charge is 0.379 e. The van der Waals surface area contributed by atoms with Crippen LogP contribution in [0.5, 0.6) is 0 Å². The van der Waals surface area contributed by atoms with E-state index in [0.29, 0.717) is 36.4 Å². The van der Waals surface area contributed by atoms with Crippen LogP contribution < -0.4 is 4.90 Å². The molecule has 0 amide bonds. The number of hydrogen-bond donors (Lipinski definition) is 2. The van der Waals surface area contributed by atoms with Crippen molar-refractivity contribution in [3.63, 3.8) is 0 Å². The molecule has 0 bridgehead atoms. The molecule has 2 N–H and O–H groups in total. The second-order valence-corrected chi connectivity index (χ2v) is 4.12. The molecule has 2 atom stereocenters. The highest BCUT2D eigenvalue weighted by molar-refractivity contribution is 5.23. The molecule has 0 spiro atoms. The van der Waals surface area contributed by atoms with Crippen LogP contribution in [0.4, 0.5) is 0 Å². The third-order valence-corrected chi connectivity index (χ3v) is 3.40. The smallest absolute Gasteiger partial charge is 0.254 e. The lowest BCUT2D eigenvalue weighted by Gasteiger charge is -2.31. The molecular formula is C8H11N3O4. The van der Waals surface area contributed by atoms with E-state index in [1.807, 2.05) is 0 Å². The van der Waals surface area contributed by atoms with Crippen molar-refractivity contribution in [1.82, 2.24) is 10.2 Å². The van der Waals surface area contributed by atoms with E-state index >= 15 is 0 Å². The zero-order valence-electron chi connectivity index (χ0n) is 7.96. The summed E-state index contributed by atoms with van der Waals surface area (Å²) in [6.07, 6.45) is 1.36. The molecule has 3 rings (SSSR count). The van der Waals surface area contributed by atoms with Crippen LogP contribution in [0.1, 0.15) is 24.2 Å². The van der Waals surface area contributed by atoms with Gasteiger partial charge in [0.1, 0.15) is 0 Å². The Morgan fingerprint density at radius 1 is 1.67 bits per heavy atom. The molecule has 7 heteroatoms. The lowest BCUT2D eigenvalue weighted by molar-refractivity contribution is -0.808. The molecule has 7 nitrogen and oxygen atoms in total. The summed E-state index contributed by atoms with van der Waals surface area (Å²) in [7, 11) is 0. The molecular weight excluding hydrogens is 202 g/mol. The normalized spacial score (nSPS) is 35.2. The van der Waals surface area contributed by atoms with Gasteiger partial charge in [-0.3, -0.25) is 4.63 Å². The van der Waals surface area contributed by atoms with E-state index < -0.39 is 5.60 Å². The Bertz CT molecular complexity index is 407. The molecule has 1 aromatic heterocycles. The van der Waals surface area contributed by atoms with E-state index in [9.17, 15) is 15.5 Å². The molecule has 1 aliphatic carbocycles. The Kier molecular flexibility index (Phi) is 1.63. The molecule has 1 aromatic rings. The van der Waals surface area contributed by atoms with Gasteiger partial charge < -0.3 is 15.5 Å². The summed E-state index contributed by atoms with van der Waals surface area (Å²) >= 11 is 0. The fraction of sp³-hybridized carbons (Fsp3) is 0.750. The van der Waals surface area contributed by atoms with Crippen molar-refractivity contribution in [1.29, 1.82) is 0 Å². The quantitative estimate of drug-likeness (QED) is 0.531. The van der Waals surface area contributed by atoms with E-state index in [4.69, 9.17) is 0 Å². The van der Waals surface area contributed by atoms with E-state index in [1.165, 1.54) is 0 Å². The first kappa shape index (κ1) is 9.08. The first-order valence-electron chi connectivity index (χ1n) is 4.90. The van der Waals surface area contributed by atoms with Gasteiger partial charge in [0, 0.05) is 24.5 Å². The number of aromatic nitrogens is 2.